The number of aromatic nitrogens is 1. The molecular formula is C7H10ClNO2. The molecule has 0 saturated carbocycles. The number of hydrogen-bond donors (Lipinski definition) is 2. The Kier molecular flexibility index (Phi) is 4.77. The maximum absolute atomic E-state index is 9.04. The van der Waals surface area contributed by atoms with Gasteiger partial charge in [0.05, 0.1) is 6.61 Å². The van der Waals surface area contributed by atoms with Gasteiger partial charge in [-0.3, -0.25) is 4.98 Å². The molecule has 0 aliphatic carbocycles. The molecule has 62 valence electrons. The van der Waals surface area contributed by atoms with E-state index in [0.29, 0.717) is 5.56 Å². The van der Waals surface area contributed by atoms with Gasteiger partial charge in [0.15, 0.2) is 0 Å². The molecule has 0 aliphatic rings. The van der Waals surface area contributed by atoms with Gasteiger partial charge in [0.2, 0.25) is 0 Å². The molecule has 3 nitrogen and oxygen atoms in total. The van der Waals surface area contributed by atoms with Crippen molar-refractivity contribution in [1.82, 2.24) is 4.98 Å². The van der Waals surface area contributed by atoms with Crippen molar-refractivity contribution in [2.75, 3.05) is 6.61 Å². The van der Waals surface area contributed by atoms with Crippen molar-refractivity contribution >= 4 is 12.4 Å². The molecule has 1 atom stereocenters. The fourth-order valence-electron chi connectivity index (χ4n) is 0.678. The van der Waals surface area contributed by atoms with E-state index in [4.69, 9.17) is 10.2 Å². The first kappa shape index (κ1) is 10.4. The van der Waals surface area contributed by atoms with Crippen LogP contribution < -0.4 is 0 Å². The van der Waals surface area contributed by atoms with E-state index in [1.54, 1.807) is 18.3 Å². The van der Waals surface area contributed by atoms with E-state index in [-0.39, 0.29) is 19.0 Å². The average molecular weight is 176 g/mol. The van der Waals surface area contributed by atoms with Crippen LogP contribution in [0.4, 0.5) is 0 Å². The predicted molar refractivity (Wildman–Crippen MR) is 43.5 cm³/mol. The van der Waals surface area contributed by atoms with E-state index in [1.807, 2.05) is 0 Å². The van der Waals surface area contributed by atoms with Crippen molar-refractivity contribution < 1.29 is 10.2 Å². The molecule has 0 radical (unpaired) electrons. The molecule has 1 heterocycles. The van der Waals surface area contributed by atoms with Crippen molar-refractivity contribution in [1.29, 1.82) is 0 Å². The summed E-state index contributed by atoms with van der Waals surface area (Å²) >= 11 is 0. The number of halogens is 1. The van der Waals surface area contributed by atoms with Crippen LogP contribution in [-0.2, 0) is 0 Å². The Morgan fingerprint density at radius 2 is 2.27 bits per heavy atom. The molecule has 0 aliphatic heterocycles. The highest BCUT2D eigenvalue weighted by atomic mass is 35.5. The fourth-order valence-corrected chi connectivity index (χ4v) is 0.678. The van der Waals surface area contributed by atoms with Crippen LogP contribution in [0, 0.1) is 0 Å². The van der Waals surface area contributed by atoms with Gasteiger partial charge >= 0.3 is 0 Å². The lowest BCUT2D eigenvalue weighted by Crippen LogP contribution is -2.01. The van der Waals surface area contributed by atoms with Gasteiger partial charge in [-0.15, -0.1) is 12.4 Å². The standard InChI is InChI=1S/C7H9NO2.ClH/c9-5-7(10)6-2-1-3-8-4-6;/h1-4,7,9-10H,5H2;1H/t7-;/m0./s1. The second-order valence-corrected chi connectivity index (χ2v) is 1.98. The zero-order chi connectivity index (χ0) is 7.40. The predicted octanol–water partition coefficient (Wildman–Crippen LogP) is 0.529. The lowest BCUT2D eigenvalue weighted by molar-refractivity contribution is 0.0953. The monoisotopic (exact) mass is 175 g/mol. The Morgan fingerprint density at radius 3 is 2.73 bits per heavy atom. The summed E-state index contributed by atoms with van der Waals surface area (Å²) in [6, 6.07) is 3.43. The minimum Gasteiger partial charge on any atom is -0.393 e. The van der Waals surface area contributed by atoms with Gasteiger partial charge in [-0.2, -0.15) is 0 Å². The highest BCUT2D eigenvalue weighted by molar-refractivity contribution is 5.85. The number of aliphatic hydroxyl groups is 2. The van der Waals surface area contributed by atoms with E-state index in [9.17, 15) is 0 Å². The Bertz CT molecular complexity index is 193. The summed E-state index contributed by atoms with van der Waals surface area (Å²) in [7, 11) is 0. The lowest BCUT2D eigenvalue weighted by Gasteiger charge is -2.04. The van der Waals surface area contributed by atoms with Crippen molar-refractivity contribution in [3.8, 4) is 0 Å². The summed E-state index contributed by atoms with van der Waals surface area (Å²) in [6.07, 6.45) is 2.35. The van der Waals surface area contributed by atoms with Gasteiger partial charge in [0.1, 0.15) is 6.10 Å². The quantitative estimate of drug-likeness (QED) is 0.690. The van der Waals surface area contributed by atoms with Gasteiger partial charge in [0, 0.05) is 18.0 Å². The molecule has 1 aromatic rings. The number of pyridine rings is 1. The maximum Gasteiger partial charge on any atom is 0.104 e. The Balaban J connectivity index is 0.000001000. The Labute approximate surface area is 71.1 Å². The summed E-state index contributed by atoms with van der Waals surface area (Å²) in [5.74, 6) is 0. The highest BCUT2D eigenvalue weighted by Gasteiger charge is 2.02. The van der Waals surface area contributed by atoms with Crippen LogP contribution >= 0.6 is 12.4 Å². The van der Waals surface area contributed by atoms with Gasteiger partial charge in [0.25, 0.3) is 0 Å². The Hall–Kier alpha value is -0.640. The number of rotatable bonds is 2. The third-order valence-corrected chi connectivity index (χ3v) is 1.24. The molecule has 1 aromatic heterocycles. The molecule has 0 aromatic carbocycles. The van der Waals surface area contributed by atoms with Gasteiger partial charge in [-0.1, -0.05) is 6.07 Å². The van der Waals surface area contributed by atoms with Crippen LogP contribution in [-0.4, -0.2) is 21.8 Å². The molecule has 0 amide bonds. The molecule has 0 unspecified atom stereocenters. The minimum absolute atomic E-state index is 0. The normalized spacial score (nSPS) is 11.8. The lowest BCUT2D eigenvalue weighted by atomic mass is 10.2. The topological polar surface area (TPSA) is 53.4 Å². The van der Waals surface area contributed by atoms with Crippen molar-refractivity contribution in [2.45, 2.75) is 6.10 Å². The average Bonchev–Trinajstić information content (AvgIpc) is 2.05. The molecule has 1 rings (SSSR count). The third-order valence-electron chi connectivity index (χ3n) is 1.24. The number of nitrogens with zero attached hydrogens (tertiary/aromatic N) is 1. The summed E-state index contributed by atoms with van der Waals surface area (Å²) in [5.41, 5.74) is 0.644. The van der Waals surface area contributed by atoms with Crippen LogP contribution in [0.5, 0.6) is 0 Å². The second kappa shape index (κ2) is 5.07. The zero-order valence-corrected chi connectivity index (χ0v) is 6.66. The van der Waals surface area contributed by atoms with E-state index < -0.39 is 6.10 Å². The number of aliphatic hydroxyl groups excluding tert-OH is 2. The molecule has 0 fully saturated rings. The maximum atomic E-state index is 9.04. The summed E-state index contributed by atoms with van der Waals surface area (Å²) in [4.78, 5) is 3.78. The molecule has 0 saturated heterocycles. The van der Waals surface area contributed by atoms with E-state index >= 15 is 0 Å². The van der Waals surface area contributed by atoms with Crippen molar-refractivity contribution in [3.63, 3.8) is 0 Å². The minimum atomic E-state index is -0.798. The summed E-state index contributed by atoms with van der Waals surface area (Å²) in [5, 5.41) is 17.5. The van der Waals surface area contributed by atoms with Crippen LogP contribution in [0.3, 0.4) is 0 Å². The van der Waals surface area contributed by atoms with Gasteiger partial charge in [-0.25, -0.2) is 0 Å². The molecule has 0 bridgehead atoms. The second-order valence-electron chi connectivity index (χ2n) is 1.98. The first-order valence-corrected chi connectivity index (χ1v) is 3.03. The van der Waals surface area contributed by atoms with Gasteiger partial charge < -0.3 is 10.2 Å². The van der Waals surface area contributed by atoms with Crippen LogP contribution in [0.15, 0.2) is 24.5 Å². The molecule has 0 spiro atoms. The van der Waals surface area contributed by atoms with E-state index in [0.717, 1.165) is 0 Å². The van der Waals surface area contributed by atoms with Crippen LogP contribution in [0.2, 0.25) is 0 Å². The van der Waals surface area contributed by atoms with Crippen molar-refractivity contribution in [2.24, 2.45) is 0 Å². The van der Waals surface area contributed by atoms with Crippen LogP contribution in [0.25, 0.3) is 0 Å². The SMILES string of the molecule is Cl.OC[C@H](O)c1cccnc1. The van der Waals surface area contributed by atoms with E-state index in [1.165, 1.54) is 6.20 Å². The molecule has 11 heavy (non-hydrogen) atoms. The van der Waals surface area contributed by atoms with Crippen molar-refractivity contribution in [3.05, 3.63) is 30.1 Å². The summed E-state index contributed by atoms with van der Waals surface area (Å²) in [6.45, 7) is -0.258. The highest BCUT2D eigenvalue weighted by Crippen LogP contribution is 2.08. The largest absolute Gasteiger partial charge is 0.393 e. The Morgan fingerprint density at radius 1 is 1.55 bits per heavy atom. The number of hydrogen-bond acceptors (Lipinski definition) is 3. The smallest absolute Gasteiger partial charge is 0.104 e. The first-order valence-electron chi connectivity index (χ1n) is 3.03. The van der Waals surface area contributed by atoms with E-state index in [2.05, 4.69) is 4.98 Å². The third kappa shape index (κ3) is 2.84. The van der Waals surface area contributed by atoms with Crippen LogP contribution in [0.1, 0.15) is 11.7 Å². The summed E-state index contributed by atoms with van der Waals surface area (Å²) < 4.78 is 0. The molecule has 4 heteroatoms. The molecule has 2 N–H and O–H groups in total. The zero-order valence-electron chi connectivity index (χ0n) is 5.84. The fraction of sp³-hybridized carbons (Fsp3) is 0.286. The molecular weight excluding hydrogens is 166 g/mol. The van der Waals surface area contributed by atoms with Gasteiger partial charge in [-0.05, 0) is 6.07 Å². The first-order chi connectivity index (χ1) is 4.84.